The summed E-state index contributed by atoms with van der Waals surface area (Å²) >= 11 is 0. The van der Waals surface area contributed by atoms with Gasteiger partial charge in [-0.15, -0.1) is 0 Å². The zero-order valence-corrected chi connectivity index (χ0v) is 22.7. The zero-order chi connectivity index (χ0) is 25.4. The van der Waals surface area contributed by atoms with Gasteiger partial charge in [0.2, 0.25) is 0 Å². The van der Waals surface area contributed by atoms with Crippen LogP contribution in [0.4, 0.5) is 4.79 Å². The molecular weight excluding hydrogens is 448 g/mol. The Hall–Kier alpha value is -2.53. The molecule has 3 aliphatic heterocycles. The number of rotatable bonds is 6. The molecule has 194 valence electrons. The molecule has 4 aliphatic rings. The number of fused-ring (bicyclic) bond motifs is 4. The Morgan fingerprint density at radius 1 is 1.08 bits per heavy atom. The van der Waals surface area contributed by atoms with Crippen molar-refractivity contribution in [1.29, 1.82) is 0 Å². The third-order valence-electron chi connectivity index (χ3n) is 8.64. The number of carbonyl (C=O) groups is 1. The first-order chi connectivity index (χ1) is 17.2. The Labute approximate surface area is 216 Å². The molecule has 0 unspecified atom stereocenters. The molecule has 36 heavy (non-hydrogen) atoms. The van der Waals surface area contributed by atoms with E-state index in [2.05, 4.69) is 75.2 Å². The average Bonchev–Trinajstić information content (AvgIpc) is 2.86. The molecule has 6 rings (SSSR count). The van der Waals surface area contributed by atoms with Crippen LogP contribution in [-0.4, -0.2) is 43.3 Å². The van der Waals surface area contributed by atoms with Crippen molar-refractivity contribution in [3.05, 3.63) is 52.6 Å². The van der Waals surface area contributed by atoms with Gasteiger partial charge in [-0.25, -0.2) is 4.79 Å². The predicted molar refractivity (Wildman–Crippen MR) is 145 cm³/mol. The fraction of sp³-hybridized carbons (Fsp3) is 0.581. The van der Waals surface area contributed by atoms with E-state index in [1.807, 2.05) is 0 Å². The van der Waals surface area contributed by atoms with E-state index in [4.69, 9.17) is 9.47 Å². The molecule has 2 bridgehead atoms. The van der Waals surface area contributed by atoms with E-state index in [9.17, 15) is 4.79 Å². The van der Waals surface area contributed by atoms with Crippen LogP contribution in [0.25, 0.3) is 11.1 Å². The second-order valence-corrected chi connectivity index (χ2v) is 11.8. The van der Waals surface area contributed by atoms with Gasteiger partial charge < -0.3 is 14.8 Å². The fourth-order valence-electron chi connectivity index (χ4n) is 6.46. The van der Waals surface area contributed by atoms with Crippen LogP contribution in [0.15, 0.2) is 30.3 Å². The van der Waals surface area contributed by atoms with Crippen LogP contribution < -0.4 is 10.1 Å². The Balaban J connectivity index is 1.35. The number of alkyl carbamates (subject to hydrolysis) is 1. The summed E-state index contributed by atoms with van der Waals surface area (Å²) in [6.07, 6.45) is 5.08. The summed E-state index contributed by atoms with van der Waals surface area (Å²) < 4.78 is 12.0. The lowest BCUT2D eigenvalue weighted by atomic mass is 9.70. The third-order valence-corrected chi connectivity index (χ3v) is 8.64. The average molecular weight is 491 g/mol. The molecule has 1 aliphatic carbocycles. The van der Waals surface area contributed by atoms with E-state index in [1.54, 1.807) is 0 Å². The van der Waals surface area contributed by atoms with Gasteiger partial charge in [0, 0.05) is 6.54 Å². The first kappa shape index (κ1) is 25.1. The van der Waals surface area contributed by atoms with Crippen molar-refractivity contribution < 1.29 is 14.3 Å². The van der Waals surface area contributed by atoms with Crippen LogP contribution in [0, 0.1) is 25.2 Å². The number of aryl methyl sites for hydroxylation is 3. The lowest BCUT2D eigenvalue weighted by Gasteiger charge is -2.44. The van der Waals surface area contributed by atoms with E-state index < -0.39 is 0 Å². The Morgan fingerprint density at radius 2 is 1.81 bits per heavy atom. The van der Waals surface area contributed by atoms with Crippen LogP contribution >= 0.6 is 0 Å². The second-order valence-electron chi connectivity index (χ2n) is 11.8. The van der Waals surface area contributed by atoms with E-state index in [0.29, 0.717) is 5.92 Å². The van der Waals surface area contributed by atoms with E-state index in [1.165, 1.54) is 33.4 Å². The smallest absolute Gasteiger partial charge is 0.407 e. The molecule has 0 aromatic heterocycles. The molecule has 5 nitrogen and oxygen atoms in total. The van der Waals surface area contributed by atoms with Gasteiger partial charge in [-0.05, 0) is 116 Å². The van der Waals surface area contributed by atoms with E-state index in [0.717, 1.165) is 64.1 Å². The molecule has 0 radical (unpaired) electrons. The van der Waals surface area contributed by atoms with Crippen molar-refractivity contribution in [3.8, 4) is 16.9 Å². The summed E-state index contributed by atoms with van der Waals surface area (Å²) in [5, 5.41) is 3.28. The number of benzene rings is 2. The van der Waals surface area contributed by atoms with Crippen molar-refractivity contribution >= 4 is 6.09 Å². The summed E-state index contributed by atoms with van der Waals surface area (Å²) in [6, 6.07) is 11.1. The van der Waals surface area contributed by atoms with Crippen molar-refractivity contribution in [3.63, 3.8) is 0 Å². The van der Waals surface area contributed by atoms with E-state index in [-0.39, 0.29) is 23.7 Å². The maximum Gasteiger partial charge on any atom is 0.407 e. The molecular formula is C31H42N2O3. The molecule has 2 aromatic rings. The standard InChI is InChI=1S/C31H42N2O3/c1-6-15-35-28-20(2)16-25(17-21(28)3)23-7-8-26-24(18-23)9-12-31(4,5)29(26)32-30(34)36-27-19-33-13-10-22(27)11-14-33/h7-8,16-18,22,27,29H,6,9-15,19H2,1-5H3,(H,32,34)/t27-,29-/m0/s1. The highest BCUT2D eigenvalue weighted by molar-refractivity contribution is 5.71. The van der Waals surface area contributed by atoms with Crippen molar-refractivity contribution in [2.45, 2.75) is 78.9 Å². The largest absolute Gasteiger partial charge is 0.493 e. The van der Waals surface area contributed by atoms with Gasteiger partial charge in [-0.1, -0.05) is 39.0 Å². The Kier molecular flexibility index (Phi) is 7.04. The highest BCUT2D eigenvalue weighted by Crippen LogP contribution is 2.45. The molecule has 5 heteroatoms. The summed E-state index contributed by atoms with van der Waals surface area (Å²) in [4.78, 5) is 15.5. The number of carbonyl (C=O) groups excluding carboxylic acids is 1. The SMILES string of the molecule is CCCOc1c(C)cc(-c2ccc3c(c2)CCC(C)(C)[C@H]3NC(=O)O[C@H]2CN3CCC2CC3)cc1C. The number of hydrogen-bond donors (Lipinski definition) is 1. The molecule has 0 spiro atoms. The first-order valence-corrected chi connectivity index (χ1v) is 13.8. The minimum Gasteiger partial charge on any atom is -0.493 e. The van der Waals surface area contributed by atoms with Gasteiger partial charge in [0.25, 0.3) is 0 Å². The van der Waals surface area contributed by atoms with Gasteiger partial charge in [0.1, 0.15) is 11.9 Å². The highest BCUT2D eigenvalue weighted by Gasteiger charge is 2.40. The molecule has 3 heterocycles. The summed E-state index contributed by atoms with van der Waals surface area (Å²) in [7, 11) is 0. The summed E-state index contributed by atoms with van der Waals surface area (Å²) in [5.41, 5.74) is 7.29. The second kappa shape index (κ2) is 10.1. The molecule has 2 aromatic carbocycles. The first-order valence-electron chi connectivity index (χ1n) is 13.8. The van der Waals surface area contributed by atoms with Gasteiger partial charge in [0.15, 0.2) is 0 Å². The number of hydrogen-bond acceptors (Lipinski definition) is 4. The van der Waals surface area contributed by atoms with E-state index >= 15 is 0 Å². The quantitative estimate of drug-likeness (QED) is 0.496. The lowest BCUT2D eigenvalue weighted by molar-refractivity contribution is -0.0353. The van der Waals surface area contributed by atoms with Crippen molar-refractivity contribution in [2.24, 2.45) is 11.3 Å². The molecule has 0 saturated carbocycles. The topological polar surface area (TPSA) is 50.8 Å². The highest BCUT2D eigenvalue weighted by atomic mass is 16.6. The molecule has 1 amide bonds. The van der Waals surface area contributed by atoms with Crippen molar-refractivity contribution in [2.75, 3.05) is 26.2 Å². The normalized spacial score (nSPS) is 26.2. The molecule has 3 fully saturated rings. The van der Waals surface area contributed by atoms with Crippen LogP contribution in [0.2, 0.25) is 0 Å². The maximum absolute atomic E-state index is 13.1. The van der Waals surface area contributed by atoms with Gasteiger partial charge in [-0.2, -0.15) is 0 Å². The minimum absolute atomic E-state index is 0.0248. The molecule has 2 atom stereocenters. The minimum atomic E-state index is -0.266. The Bertz CT molecular complexity index is 1090. The van der Waals surface area contributed by atoms with Gasteiger partial charge >= 0.3 is 6.09 Å². The van der Waals surface area contributed by atoms with Gasteiger partial charge in [-0.3, -0.25) is 4.90 Å². The monoisotopic (exact) mass is 490 g/mol. The van der Waals surface area contributed by atoms with Crippen LogP contribution in [0.1, 0.15) is 74.8 Å². The van der Waals surface area contributed by atoms with Crippen LogP contribution in [-0.2, 0) is 11.2 Å². The van der Waals surface area contributed by atoms with Crippen LogP contribution in [0.5, 0.6) is 5.75 Å². The number of nitrogens with one attached hydrogen (secondary N) is 1. The number of nitrogens with zero attached hydrogens (tertiary/aromatic N) is 1. The van der Waals surface area contributed by atoms with Crippen LogP contribution in [0.3, 0.4) is 0 Å². The lowest BCUT2D eigenvalue weighted by Crippen LogP contribution is -2.53. The zero-order valence-electron chi connectivity index (χ0n) is 22.7. The fourth-order valence-corrected chi connectivity index (χ4v) is 6.46. The number of ether oxygens (including phenoxy) is 2. The third kappa shape index (κ3) is 5.00. The predicted octanol–water partition coefficient (Wildman–Crippen LogP) is 6.59. The summed E-state index contributed by atoms with van der Waals surface area (Å²) in [5.74, 6) is 1.52. The Morgan fingerprint density at radius 3 is 2.44 bits per heavy atom. The summed E-state index contributed by atoms with van der Waals surface area (Å²) in [6.45, 7) is 14.8. The molecule has 1 N–H and O–H groups in total. The van der Waals surface area contributed by atoms with Crippen molar-refractivity contribution in [1.82, 2.24) is 10.2 Å². The number of amides is 1. The number of piperidine rings is 3. The van der Waals surface area contributed by atoms with Gasteiger partial charge in [0.05, 0.1) is 12.6 Å². The molecule has 3 saturated heterocycles. The maximum atomic E-state index is 13.1.